The van der Waals surface area contributed by atoms with Crippen molar-refractivity contribution in [3.8, 4) is 0 Å². The molecule has 1 heterocycles. The molecule has 1 aliphatic heterocycles. The number of ketones is 1. The highest BCUT2D eigenvalue weighted by molar-refractivity contribution is 5.84. The molecule has 0 unspecified atom stereocenters. The molecule has 0 spiro atoms. The average molecular weight is 282 g/mol. The van der Waals surface area contributed by atoms with Gasteiger partial charge in [0.15, 0.2) is 0 Å². The van der Waals surface area contributed by atoms with Crippen LogP contribution in [0.25, 0.3) is 0 Å². The summed E-state index contributed by atoms with van der Waals surface area (Å²) in [5.41, 5.74) is 0. The van der Waals surface area contributed by atoms with E-state index < -0.39 is 0 Å². The molecule has 114 valence electrons. The van der Waals surface area contributed by atoms with E-state index in [0.717, 1.165) is 12.8 Å². The Morgan fingerprint density at radius 1 is 1.20 bits per heavy atom. The first-order chi connectivity index (χ1) is 9.70. The summed E-state index contributed by atoms with van der Waals surface area (Å²) in [5.74, 6) is 0.366. The van der Waals surface area contributed by atoms with Crippen LogP contribution in [-0.2, 0) is 9.59 Å². The number of Topliss-reactive ketones (excluding diaryl/α,β-unsaturated/α-hetero) is 1. The first-order valence-corrected chi connectivity index (χ1v) is 7.85. The first kappa shape index (κ1) is 15.4. The topological polar surface area (TPSA) is 60.9 Å². The van der Waals surface area contributed by atoms with Crippen molar-refractivity contribution in [3.05, 3.63) is 0 Å². The van der Waals surface area contributed by atoms with Gasteiger partial charge in [-0.3, -0.25) is 14.5 Å². The van der Waals surface area contributed by atoms with Gasteiger partial charge < -0.3 is 10.0 Å². The summed E-state index contributed by atoms with van der Waals surface area (Å²) in [5, 5.41) is 9.21. The molecule has 20 heavy (non-hydrogen) atoms. The van der Waals surface area contributed by atoms with Gasteiger partial charge in [0.2, 0.25) is 5.91 Å². The zero-order chi connectivity index (χ0) is 14.4. The number of piperidine rings is 1. The van der Waals surface area contributed by atoms with Crippen LogP contribution in [0.1, 0.15) is 44.9 Å². The van der Waals surface area contributed by atoms with Crippen molar-refractivity contribution >= 4 is 11.7 Å². The summed E-state index contributed by atoms with van der Waals surface area (Å²) in [6.45, 7) is 2.19. The van der Waals surface area contributed by atoms with E-state index in [9.17, 15) is 14.7 Å². The zero-order valence-corrected chi connectivity index (χ0v) is 12.2. The number of hydrogen-bond acceptors (Lipinski definition) is 4. The molecule has 1 saturated heterocycles. The summed E-state index contributed by atoms with van der Waals surface area (Å²) in [7, 11) is 0. The Morgan fingerprint density at radius 3 is 2.45 bits per heavy atom. The fraction of sp³-hybridized carbons (Fsp3) is 0.867. The number of carbonyl (C=O) groups excluding carboxylic acids is 2. The predicted molar refractivity (Wildman–Crippen MR) is 76.4 cm³/mol. The van der Waals surface area contributed by atoms with Crippen molar-refractivity contribution < 1.29 is 14.7 Å². The summed E-state index contributed by atoms with van der Waals surface area (Å²) in [4.78, 5) is 27.5. The second-order valence-electron chi connectivity index (χ2n) is 5.91. The molecule has 0 bridgehead atoms. The lowest BCUT2D eigenvalue weighted by Gasteiger charge is -2.35. The Kier molecular flexibility index (Phi) is 5.98. The van der Waals surface area contributed by atoms with E-state index in [1.807, 2.05) is 0 Å². The smallest absolute Gasteiger partial charge is 0.236 e. The first-order valence-electron chi connectivity index (χ1n) is 7.85. The molecule has 0 aromatic carbocycles. The Balaban J connectivity index is 1.86. The van der Waals surface area contributed by atoms with Crippen LogP contribution in [-0.4, -0.2) is 65.4 Å². The molecule has 1 amide bonds. The third kappa shape index (κ3) is 4.28. The molecule has 0 aromatic heterocycles. The van der Waals surface area contributed by atoms with E-state index in [1.165, 1.54) is 19.3 Å². The summed E-state index contributed by atoms with van der Waals surface area (Å²) < 4.78 is 0. The molecule has 2 rings (SSSR count). The Hall–Kier alpha value is -0.940. The molecule has 5 nitrogen and oxygen atoms in total. The van der Waals surface area contributed by atoms with Gasteiger partial charge in [0.25, 0.3) is 0 Å². The predicted octanol–water partition coefficient (Wildman–Crippen LogP) is 0.805. The lowest BCUT2D eigenvalue weighted by Crippen LogP contribution is -2.48. The van der Waals surface area contributed by atoms with E-state index in [4.69, 9.17) is 0 Å². The van der Waals surface area contributed by atoms with Crippen molar-refractivity contribution in [1.29, 1.82) is 0 Å². The SMILES string of the molecule is O=C1CCN(C(=O)CN(CCO)C2CCCCC2)CC1. The minimum Gasteiger partial charge on any atom is -0.395 e. The molecule has 0 atom stereocenters. The monoisotopic (exact) mass is 282 g/mol. The number of likely N-dealkylation sites (tertiary alicyclic amines) is 1. The lowest BCUT2D eigenvalue weighted by molar-refractivity contribution is -0.136. The Bertz CT molecular complexity index is 330. The molecule has 1 saturated carbocycles. The van der Waals surface area contributed by atoms with Crippen LogP contribution in [0.2, 0.25) is 0 Å². The van der Waals surface area contributed by atoms with Crippen molar-refractivity contribution in [3.63, 3.8) is 0 Å². The third-order valence-corrected chi connectivity index (χ3v) is 4.49. The maximum absolute atomic E-state index is 12.3. The van der Waals surface area contributed by atoms with Crippen LogP contribution in [0.15, 0.2) is 0 Å². The third-order valence-electron chi connectivity index (χ3n) is 4.49. The highest BCUT2D eigenvalue weighted by Crippen LogP contribution is 2.22. The standard InChI is InChI=1S/C15H26N2O3/c18-11-10-17(13-4-2-1-3-5-13)12-15(20)16-8-6-14(19)7-9-16/h13,18H,1-12H2. The van der Waals surface area contributed by atoms with Gasteiger partial charge in [0, 0.05) is 38.5 Å². The van der Waals surface area contributed by atoms with Gasteiger partial charge in [-0.2, -0.15) is 0 Å². The second kappa shape index (κ2) is 7.74. The number of aliphatic hydroxyl groups excluding tert-OH is 1. The van der Waals surface area contributed by atoms with Crippen molar-refractivity contribution in [2.45, 2.75) is 51.0 Å². The maximum Gasteiger partial charge on any atom is 0.236 e. The molecule has 2 fully saturated rings. The van der Waals surface area contributed by atoms with Crippen molar-refractivity contribution in [1.82, 2.24) is 9.80 Å². The van der Waals surface area contributed by atoms with Crippen LogP contribution in [0.5, 0.6) is 0 Å². The van der Waals surface area contributed by atoms with Gasteiger partial charge in [-0.25, -0.2) is 0 Å². The molecule has 0 radical (unpaired) electrons. The quantitative estimate of drug-likeness (QED) is 0.810. The minimum absolute atomic E-state index is 0.0995. The fourth-order valence-corrected chi connectivity index (χ4v) is 3.24. The van der Waals surface area contributed by atoms with Gasteiger partial charge in [0.1, 0.15) is 5.78 Å². The Labute approximate surface area is 120 Å². The molecular formula is C15H26N2O3. The van der Waals surface area contributed by atoms with Gasteiger partial charge in [0.05, 0.1) is 13.2 Å². The lowest BCUT2D eigenvalue weighted by atomic mass is 9.94. The number of rotatable bonds is 5. The molecule has 0 aromatic rings. The molecule has 1 aliphatic carbocycles. The van der Waals surface area contributed by atoms with E-state index in [2.05, 4.69) is 4.90 Å². The average Bonchev–Trinajstić information content (AvgIpc) is 2.48. The van der Waals surface area contributed by atoms with Crippen LogP contribution < -0.4 is 0 Å². The van der Waals surface area contributed by atoms with Crippen molar-refractivity contribution in [2.75, 3.05) is 32.8 Å². The number of hydrogen-bond donors (Lipinski definition) is 1. The zero-order valence-electron chi connectivity index (χ0n) is 12.2. The maximum atomic E-state index is 12.3. The van der Waals surface area contributed by atoms with Crippen LogP contribution in [0.3, 0.4) is 0 Å². The van der Waals surface area contributed by atoms with Crippen LogP contribution in [0, 0.1) is 0 Å². The van der Waals surface area contributed by atoms with E-state index in [-0.39, 0.29) is 18.3 Å². The summed E-state index contributed by atoms with van der Waals surface area (Å²) >= 11 is 0. The summed E-state index contributed by atoms with van der Waals surface area (Å²) in [6.07, 6.45) is 6.98. The molecule has 1 N–H and O–H groups in total. The number of nitrogens with zero attached hydrogens (tertiary/aromatic N) is 2. The fourth-order valence-electron chi connectivity index (χ4n) is 3.24. The molecular weight excluding hydrogens is 256 g/mol. The van der Waals surface area contributed by atoms with Crippen LogP contribution in [0.4, 0.5) is 0 Å². The van der Waals surface area contributed by atoms with Gasteiger partial charge in [-0.1, -0.05) is 19.3 Å². The van der Waals surface area contributed by atoms with E-state index in [1.54, 1.807) is 4.90 Å². The largest absolute Gasteiger partial charge is 0.395 e. The molecule has 5 heteroatoms. The number of carbonyl (C=O) groups is 2. The van der Waals surface area contributed by atoms with E-state index in [0.29, 0.717) is 45.1 Å². The van der Waals surface area contributed by atoms with Crippen LogP contribution >= 0.6 is 0 Å². The highest BCUT2D eigenvalue weighted by atomic mass is 16.3. The normalized spacial score (nSPS) is 21.5. The van der Waals surface area contributed by atoms with Gasteiger partial charge >= 0.3 is 0 Å². The highest BCUT2D eigenvalue weighted by Gasteiger charge is 2.26. The second-order valence-corrected chi connectivity index (χ2v) is 5.91. The molecule has 2 aliphatic rings. The number of aliphatic hydroxyl groups is 1. The van der Waals surface area contributed by atoms with Gasteiger partial charge in [-0.05, 0) is 12.8 Å². The van der Waals surface area contributed by atoms with Gasteiger partial charge in [-0.15, -0.1) is 0 Å². The van der Waals surface area contributed by atoms with E-state index >= 15 is 0 Å². The Morgan fingerprint density at radius 2 is 1.85 bits per heavy atom. The van der Waals surface area contributed by atoms with Crippen molar-refractivity contribution in [2.24, 2.45) is 0 Å². The summed E-state index contributed by atoms with van der Waals surface area (Å²) in [6, 6.07) is 0.436. The minimum atomic E-state index is 0.0995. The number of amides is 1.